The molecular weight excluding hydrogens is 236 g/mol. The highest BCUT2D eigenvalue weighted by Gasteiger charge is 2.19. The number of ether oxygens (including phenoxy) is 3. The first-order valence-electron chi connectivity index (χ1n) is 5.78. The highest BCUT2D eigenvalue weighted by atomic mass is 16.5. The Labute approximate surface area is 106 Å². The molecule has 0 atom stereocenters. The van der Waals surface area contributed by atoms with E-state index in [4.69, 9.17) is 14.2 Å². The molecule has 0 fully saturated rings. The van der Waals surface area contributed by atoms with Crippen molar-refractivity contribution in [3.63, 3.8) is 0 Å². The summed E-state index contributed by atoms with van der Waals surface area (Å²) in [7, 11) is 1.42. The van der Waals surface area contributed by atoms with Crippen molar-refractivity contribution >= 4 is 5.78 Å². The number of methoxy groups -OCH3 is 1. The van der Waals surface area contributed by atoms with Gasteiger partial charge in [0.15, 0.2) is 5.78 Å². The lowest BCUT2D eigenvalue weighted by Gasteiger charge is -2.13. The van der Waals surface area contributed by atoms with Crippen LogP contribution in [0.1, 0.15) is 24.2 Å². The minimum absolute atomic E-state index is 0.110. The molecule has 0 bridgehead atoms. The van der Waals surface area contributed by atoms with Crippen LogP contribution in [0.15, 0.2) is 12.1 Å². The van der Waals surface area contributed by atoms with E-state index in [0.29, 0.717) is 24.7 Å². The topological polar surface area (TPSA) is 65.0 Å². The summed E-state index contributed by atoms with van der Waals surface area (Å²) < 4.78 is 15.4. The lowest BCUT2D eigenvalue weighted by atomic mass is 10.1. The Hall–Kier alpha value is -1.75. The first-order chi connectivity index (χ1) is 8.63. The van der Waals surface area contributed by atoms with E-state index in [1.54, 1.807) is 13.0 Å². The van der Waals surface area contributed by atoms with Crippen molar-refractivity contribution in [2.75, 3.05) is 26.9 Å². The summed E-state index contributed by atoms with van der Waals surface area (Å²) in [6.07, 6.45) is 0. The molecule has 0 spiro atoms. The smallest absolute Gasteiger partial charge is 0.195 e. The molecule has 0 aromatic heterocycles. The fourth-order valence-electron chi connectivity index (χ4n) is 1.58. The van der Waals surface area contributed by atoms with Gasteiger partial charge in [-0.1, -0.05) is 0 Å². The molecule has 5 nitrogen and oxygen atoms in total. The van der Waals surface area contributed by atoms with Gasteiger partial charge in [0.05, 0.1) is 13.2 Å². The Kier molecular flexibility index (Phi) is 5.45. The summed E-state index contributed by atoms with van der Waals surface area (Å²) in [6, 6.07) is 2.99. The second kappa shape index (κ2) is 6.86. The van der Waals surface area contributed by atoms with Gasteiger partial charge in [0.2, 0.25) is 0 Å². The molecule has 0 heterocycles. The Balaban J connectivity index is 3.17. The predicted molar refractivity (Wildman–Crippen MR) is 66.7 cm³/mol. The van der Waals surface area contributed by atoms with Gasteiger partial charge in [-0.2, -0.15) is 0 Å². The lowest BCUT2D eigenvalue weighted by Crippen LogP contribution is -2.10. The number of aromatic hydroxyl groups is 1. The van der Waals surface area contributed by atoms with E-state index in [1.807, 2.05) is 6.92 Å². The number of carbonyl (C=O) groups is 1. The molecule has 0 radical (unpaired) electrons. The Morgan fingerprint density at radius 1 is 1.22 bits per heavy atom. The number of hydrogen-bond donors (Lipinski definition) is 1. The monoisotopic (exact) mass is 254 g/mol. The van der Waals surface area contributed by atoms with E-state index in [2.05, 4.69) is 0 Å². The summed E-state index contributed by atoms with van der Waals surface area (Å²) in [6.45, 7) is 4.39. The number of phenols is 1. The number of rotatable bonds is 7. The number of benzene rings is 1. The van der Waals surface area contributed by atoms with Crippen LogP contribution >= 0.6 is 0 Å². The average Bonchev–Trinajstić information content (AvgIpc) is 2.29. The van der Waals surface area contributed by atoms with Crippen molar-refractivity contribution in [3.8, 4) is 17.2 Å². The summed E-state index contributed by atoms with van der Waals surface area (Å²) in [5.74, 6) is 0.281. The van der Waals surface area contributed by atoms with Gasteiger partial charge in [0.25, 0.3) is 0 Å². The number of ketones is 1. The first kappa shape index (κ1) is 14.3. The minimum atomic E-state index is -0.332. The van der Waals surface area contributed by atoms with E-state index >= 15 is 0 Å². The van der Waals surface area contributed by atoms with Gasteiger partial charge in [-0.25, -0.2) is 0 Å². The molecule has 1 aromatic rings. The quantitative estimate of drug-likeness (QED) is 0.754. The molecule has 1 aromatic carbocycles. The van der Waals surface area contributed by atoms with Crippen LogP contribution in [0.25, 0.3) is 0 Å². The van der Waals surface area contributed by atoms with Gasteiger partial charge >= 0.3 is 0 Å². The number of Topliss-reactive ketones (excluding diaryl/α,β-unsaturated/α-hetero) is 1. The van der Waals surface area contributed by atoms with Crippen LogP contribution in [-0.4, -0.2) is 37.8 Å². The molecule has 0 aliphatic carbocycles. The molecule has 0 saturated heterocycles. The van der Waals surface area contributed by atoms with E-state index in [9.17, 15) is 9.90 Å². The zero-order chi connectivity index (χ0) is 13.5. The normalized spacial score (nSPS) is 10.2. The van der Waals surface area contributed by atoms with Crippen molar-refractivity contribution in [2.45, 2.75) is 13.8 Å². The Morgan fingerprint density at radius 3 is 2.44 bits per heavy atom. The molecule has 5 heteroatoms. The third-order valence-corrected chi connectivity index (χ3v) is 2.22. The first-order valence-corrected chi connectivity index (χ1v) is 5.78. The lowest BCUT2D eigenvalue weighted by molar-refractivity contribution is 0.0841. The maximum Gasteiger partial charge on any atom is 0.195 e. The zero-order valence-corrected chi connectivity index (χ0v) is 10.9. The largest absolute Gasteiger partial charge is 0.507 e. The second-order valence-corrected chi connectivity index (χ2v) is 3.54. The molecule has 100 valence electrons. The number of carbonyl (C=O) groups excluding carboxylic acids is 1. The van der Waals surface area contributed by atoms with Gasteiger partial charge < -0.3 is 19.3 Å². The SMILES string of the molecule is CCOc1cc(O)c(C(=O)COC)c(OCC)c1. The third-order valence-electron chi connectivity index (χ3n) is 2.22. The average molecular weight is 254 g/mol. The molecule has 0 amide bonds. The molecule has 1 N–H and O–H groups in total. The van der Waals surface area contributed by atoms with Crippen molar-refractivity contribution in [3.05, 3.63) is 17.7 Å². The zero-order valence-electron chi connectivity index (χ0n) is 10.9. The van der Waals surface area contributed by atoms with E-state index in [1.165, 1.54) is 13.2 Å². The Morgan fingerprint density at radius 2 is 1.89 bits per heavy atom. The van der Waals surface area contributed by atoms with Crippen LogP contribution in [0, 0.1) is 0 Å². The standard InChI is InChI=1S/C13H18O5/c1-4-17-9-6-10(14)13(11(15)8-16-3)12(7-9)18-5-2/h6-7,14H,4-5,8H2,1-3H3. The summed E-state index contributed by atoms with van der Waals surface area (Å²) in [5, 5.41) is 9.89. The van der Waals surface area contributed by atoms with Gasteiger partial charge in [-0.05, 0) is 13.8 Å². The van der Waals surface area contributed by atoms with Crippen LogP contribution in [0.4, 0.5) is 0 Å². The van der Waals surface area contributed by atoms with Crippen molar-refractivity contribution in [1.29, 1.82) is 0 Å². The highest BCUT2D eigenvalue weighted by Crippen LogP contribution is 2.34. The third kappa shape index (κ3) is 3.37. The molecule has 1 rings (SSSR count). The summed E-state index contributed by atoms with van der Waals surface area (Å²) >= 11 is 0. The van der Waals surface area contributed by atoms with Gasteiger partial charge in [-0.3, -0.25) is 4.79 Å². The van der Waals surface area contributed by atoms with Crippen LogP contribution in [0.5, 0.6) is 17.2 Å². The van der Waals surface area contributed by atoms with Gasteiger partial charge in [-0.15, -0.1) is 0 Å². The fraction of sp³-hybridized carbons (Fsp3) is 0.462. The Bertz CT molecular complexity index is 414. The van der Waals surface area contributed by atoms with Crippen LogP contribution in [0.3, 0.4) is 0 Å². The van der Waals surface area contributed by atoms with E-state index < -0.39 is 0 Å². The molecule has 0 aliphatic heterocycles. The maximum atomic E-state index is 11.8. The van der Waals surface area contributed by atoms with Crippen LogP contribution in [-0.2, 0) is 4.74 Å². The van der Waals surface area contributed by atoms with Crippen molar-refractivity contribution in [1.82, 2.24) is 0 Å². The predicted octanol–water partition coefficient (Wildman–Crippen LogP) is 2.02. The fourth-order valence-corrected chi connectivity index (χ4v) is 1.58. The van der Waals surface area contributed by atoms with Crippen LogP contribution in [0.2, 0.25) is 0 Å². The molecular formula is C13H18O5. The molecule has 0 aliphatic rings. The van der Waals surface area contributed by atoms with Gasteiger partial charge in [0, 0.05) is 19.2 Å². The second-order valence-electron chi connectivity index (χ2n) is 3.54. The summed E-state index contributed by atoms with van der Waals surface area (Å²) in [4.78, 5) is 11.8. The van der Waals surface area contributed by atoms with Gasteiger partial charge in [0.1, 0.15) is 29.4 Å². The minimum Gasteiger partial charge on any atom is -0.507 e. The van der Waals surface area contributed by atoms with Crippen molar-refractivity contribution in [2.24, 2.45) is 0 Å². The van der Waals surface area contributed by atoms with E-state index in [-0.39, 0.29) is 23.7 Å². The number of hydrogen-bond acceptors (Lipinski definition) is 5. The molecule has 18 heavy (non-hydrogen) atoms. The number of phenolic OH excluding ortho intramolecular Hbond substituents is 1. The van der Waals surface area contributed by atoms with E-state index in [0.717, 1.165) is 0 Å². The molecule has 0 saturated carbocycles. The summed E-state index contributed by atoms with van der Waals surface area (Å²) in [5.41, 5.74) is 0.127. The van der Waals surface area contributed by atoms with Crippen LogP contribution < -0.4 is 9.47 Å². The van der Waals surface area contributed by atoms with Crippen molar-refractivity contribution < 1.29 is 24.1 Å². The highest BCUT2D eigenvalue weighted by molar-refractivity contribution is 6.02. The molecule has 0 unspecified atom stereocenters. The maximum absolute atomic E-state index is 11.8.